The molecule has 1 heterocycles. The van der Waals surface area contributed by atoms with E-state index >= 15 is 0 Å². The van der Waals surface area contributed by atoms with Gasteiger partial charge in [0.25, 0.3) is 5.91 Å². The zero-order valence-electron chi connectivity index (χ0n) is 15.4. The van der Waals surface area contributed by atoms with E-state index in [4.69, 9.17) is 0 Å². The molecule has 2 amide bonds. The number of anilines is 1. The standard InChI is InChI=1S/C20H23N3O3/c1-12-9-14(10-13(2)18(12)25)19-22(4)20(26)15-7-5-6-8-16(15)23(19)11-17(24)21-3/h5-10,19,25H,11H2,1-4H3,(H,21,24)/t19-/m1/s1. The summed E-state index contributed by atoms with van der Waals surface area (Å²) in [6.07, 6.45) is -0.437. The van der Waals surface area contributed by atoms with Gasteiger partial charge in [-0.05, 0) is 54.8 Å². The summed E-state index contributed by atoms with van der Waals surface area (Å²) >= 11 is 0. The molecule has 1 atom stereocenters. The molecule has 6 nitrogen and oxygen atoms in total. The minimum absolute atomic E-state index is 0.0952. The van der Waals surface area contributed by atoms with Gasteiger partial charge >= 0.3 is 0 Å². The number of nitrogens with one attached hydrogen (secondary N) is 1. The Morgan fingerprint density at radius 2 is 1.81 bits per heavy atom. The molecule has 1 aliphatic heterocycles. The Balaban J connectivity index is 2.18. The third-order valence-electron chi connectivity index (χ3n) is 4.83. The number of benzene rings is 2. The summed E-state index contributed by atoms with van der Waals surface area (Å²) in [5, 5.41) is 12.7. The quantitative estimate of drug-likeness (QED) is 0.888. The fourth-order valence-corrected chi connectivity index (χ4v) is 3.49. The lowest BCUT2D eigenvalue weighted by molar-refractivity contribution is -0.119. The fraction of sp³-hybridized carbons (Fsp3) is 0.300. The van der Waals surface area contributed by atoms with Crippen molar-refractivity contribution in [3.8, 4) is 5.75 Å². The molecule has 0 saturated carbocycles. The second-order valence-corrected chi connectivity index (χ2v) is 6.61. The first-order chi connectivity index (χ1) is 12.3. The highest BCUT2D eigenvalue weighted by Crippen LogP contribution is 2.39. The molecule has 6 heteroatoms. The number of fused-ring (bicyclic) bond motifs is 1. The first kappa shape index (κ1) is 17.8. The highest BCUT2D eigenvalue weighted by Gasteiger charge is 2.37. The average Bonchev–Trinajstić information content (AvgIpc) is 2.63. The second-order valence-electron chi connectivity index (χ2n) is 6.61. The van der Waals surface area contributed by atoms with Crippen molar-refractivity contribution in [3.05, 3.63) is 58.7 Å². The Labute approximate surface area is 153 Å². The number of phenolic OH excluding ortho intramolecular Hbond substituents is 1. The highest BCUT2D eigenvalue weighted by atomic mass is 16.3. The van der Waals surface area contributed by atoms with E-state index in [2.05, 4.69) is 5.32 Å². The Kier molecular flexibility index (Phi) is 4.59. The third-order valence-corrected chi connectivity index (χ3v) is 4.83. The van der Waals surface area contributed by atoms with Crippen molar-refractivity contribution < 1.29 is 14.7 Å². The number of rotatable bonds is 3. The molecule has 0 fully saturated rings. The predicted molar refractivity (Wildman–Crippen MR) is 100 cm³/mol. The van der Waals surface area contributed by atoms with Crippen LogP contribution < -0.4 is 10.2 Å². The molecule has 26 heavy (non-hydrogen) atoms. The number of hydrogen-bond donors (Lipinski definition) is 2. The maximum Gasteiger partial charge on any atom is 0.257 e. The zero-order valence-corrected chi connectivity index (χ0v) is 15.4. The minimum Gasteiger partial charge on any atom is -0.507 e. The topological polar surface area (TPSA) is 72.9 Å². The lowest BCUT2D eigenvalue weighted by atomic mass is 9.98. The molecule has 0 radical (unpaired) electrons. The predicted octanol–water partition coefficient (Wildman–Crippen LogP) is 2.35. The van der Waals surface area contributed by atoms with Gasteiger partial charge in [-0.1, -0.05) is 12.1 Å². The van der Waals surface area contributed by atoms with Gasteiger partial charge in [0, 0.05) is 14.1 Å². The van der Waals surface area contributed by atoms with Crippen molar-refractivity contribution >= 4 is 17.5 Å². The van der Waals surface area contributed by atoms with Crippen LogP contribution in [0, 0.1) is 13.8 Å². The zero-order chi connectivity index (χ0) is 19.0. The summed E-state index contributed by atoms with van der Waals surface area (Å²) in [6.45, 7) is 3.77. The van der Waals surface area contributed by atoms with Gasteiger partial charge in [0.05, 0.1) is 17.8 Å². The van der Waals surface area contributed by atoms with Gasteiger partial charge in [0.2, 0.25) is 5.91 Å². The van der Waals surface area contributed by atoms with Crippen LogP contribution in [-0.2, 0) is 4.79 Å². The Bertz CT molecular complexity index is 855. The summed E-state index contributed by atoms with van der Waals surface area (Å²) < 4.78 is 0. The Morgan fingerprint density at radius 1 is 1.19 bits per heavy atom. The number of nitrogens with zero attached hydrogens (tertiary/aromatic N) is 2. The molecule has 0 aliphatic carbocycles. The van der Waals surface area contributed by atoms with Crippen LogP contribution in [0.1, 0.15) is 33.2 Å². The van der Waals surface area contributed by atoms with Crippen molar-refractivity contribution in [2.45, 2.75) is 20.0 Å². The smallest absolute Gasteiger partial charge is 0.257 e. The van der Waals surface area contributed by atoms with Crippen LogP contribution in [0.5, 0.6) is 5.75 Å². The van der Waals surface area contributed by atoms with Crippen LogP contribution in [0.3, 0.4) is 0 Å². The van der Waals surface area contributed by atoms with E-state index in [-0.39, 0.29) is 24.1 Å². The molecule has 0 saturated heterocycles. The summed E-state index contributed by atoms with van der Waals surface area (Å²) in [5.74, 6) is 0.0127. The second kappa shape index (κ2) is 6.71. The van der Waals surface area contributed by atoms with E-state index < -0.39 is 6.17 Å². The number of para-hydroxylation sites is 1. The van der Waals surface area contributed by atoms with Gasteiger partial charge < -0.3 is 20.2 Å². The van der Waals surface area contributed by atoms with E-state index in [1.807, 2.05) is 49.1 Å². The van der Waals surface area contributed by atoms with Crippen molar-refractivity contribution in [3.63, 3.8) is 0 Å². The van der Waals surface area contributed by atoms with Crippen LogP contribution >= 0.6 is 0 Å². The maximum atomic E-state index is 12.9. The molecule has 0 aromatic heterocycles. The minimum atomic E-state index is -0.437. The molecule has 1 aliphatic rings. The maximum absolute atomic E-state index is 12.9. The monoisotopic (exact) mass is 353 g/mol. The molecule has 3 rings (SSSR count). The number of phenols is 1. The summed E-state index contributed by atoms with van der Waals surface area (Å²) in [4.78, 5) is 28.6. The SMILES string of the molecule is CNC(=O)CN1c2ccccc2C(=O)N(C)[C@H]1c1cc(C)c(O)c(C)c1. The van der Waals surface area contributed by atoms with E-state index in [1.165, 1.54) is 0 Å². The van der Waals surface area contributed by atoms with Gasteiger partial charge in [0.1, 0.15) is 11.9 Å². The molecular formula is C20H23N3O3. The fourth-order valence-electron chi connectivity index (χ4n) is 3.49. The van der Waals surface area contributed by atoms with Crippen LogP contribution in [0.4, 0.5) is 5.69 Å². The van der Waals surface area contributed by atoms with Crippen molar-refractivity contribution in [1.29, 1.82) is 0 Å². The largest absolute Gasteiger partial charge is 0.507 e. The molecule has 0 unspecified atom stereocenters. The molecule has 136 valence electrons. The first-order valence-corrected chi connectivity index (χ1v) is 8.48. The summed E-state index contributed by atoms with van der Waals surface area (Å²) in [6, 6.07) is 11.0. The van der Waals surface area contributed by atoms with Crippen LogP contribution in [-0.4, -0.2) is 42.5 Å². The van der Waals surface area contributed by atoms with E-state index in [0.29, 0.717) is 5.56 Å². The molecule has 2 aromatic carbocycles. The number of aryl methyl sites for hydroxylation is 2. The average molecular weight is 353 g/mol. The Hall–Kier alpha value is -3.02. The molecule has 0 spiro atoms. The van der Waals surface area contributed by atoms with E-state index in [1.54, 1.807) is 25.1 Å². The van der Waals surface area contributed by atoms with Gasteiger partial charge in [-0.3, -0.25) is 9.59 Å². The van der Waals surface area contributed by atoms with Crippen LogP contribution in [0.2, 0.25) is 0 Å². The lowest BCUT2D eigenvalue weighted by Gasteiger charge is -2.44. The van der Waals surface area contributed by atoms with Gasteiger partial charge in [-0.2, -0.15) is 0 Å². The van der Waals surface area contributed by atoms with Crippen LogP contribution in [0.15, 0.2) is 36.4 Å². The van der Waals surface area contributed by atoms with E-state index in [9.17, 15) is 14.7 Å². The third kappa shape index (κ3) is 2.87. The van der Waals surface area contributed by atoms with Crippen molar-refractivity contribution in [1.82, 2.24) is 10.2 Å². The van der Waals surface area contributed by atoms with Crippen LogP contribution in [0.25, 0.3) is 0 Å². The molecule has 0 bridgehead atoms. The molecular weight excluding hydrogens is 330 g/mol. The van der Waals surface area contributed by atoms with E-state index in [0.717, 1.165) is 22.4 Å². The summed E-state index contributed by atoms with van der Waals surface area (Å²) in [5.41, 5.74) is 3.63. The molecule has 2 aromatic rings. The lowest BCUT2D eigenvalue weighted by Crippen LogP contribution is -2.50. The number of likely N-dealkylation sites (N-methyl/N-ethyl adjacent to an activating group) is 1. The number of aromatic hydroxyl groups is 1. The Morgan fingerprint density at radius 3 is 2.42 bits per heavy atom. The number of hydrogen-bond acceptors (Lipinski definition) is 4. The number of carbonyl (C=O) groups excluding carboxylic acids is 2. The van der Waals surface area contributed by atoms with Gasteiger partial charge in [-0.15, -0.1) is 0 Å². The molecule has 2 N–H and O–H groups in total. The normalized spacial score (nSPS) is 16.5. The number of amides is 2. The highest BCUT2D eigenvalue weighted by molar-refractivity contribution is 6.02. The summed E-state index contributed by atoms with van der Waals surface area (Å²) in [7, 11) is 3.33. The van der Waals surface area contributed by atoms with Crippen molar-refractivity contribution in [2.75, 3.05) is 25.5 Å². The van der Waals surface area contributed by atoms with Crippen molar-refractivity contribution in [2.24, 2.45) is 0 Å². The van der Waals surface area contributed by atoms with Gasteiger partial charge in [0.15, 0.2) is 0 Å². The first-order valence-electron chi connectivity index (χ1n) is 8.48. The number of carbonyl (C=O) groups is 2. The van der Waals surface area contributed by atoms with Gasteiger partial charge in [-0.25, -0.2) is 0 Å².